The van der Waals surface area contributed by atoms with Gasteiger partial charge >= 0.3 is 5.97 Å². The summed E-state index contributed by atoms with van der Waals surface area (Å²) in [5.41, 5.74) is -0.880. The minimum Gasteiger partial charge on any atom is -0.478 e. The first-order valence-electron chi connectivity index (χ1n) is 15.7. The van der Waals surface area contributed by atoms with Crippen LogP contribution in [-0.4, -0.2) is 56.3 Å². The number of hydrogen-bond donors (Lipinski definition) is 3. The molecule has 1 heterocycles. The summed E-state index contributed by atoms with van der Waals surface area (Å²) in [6.45, 7) is 6.39. The molecule has 240 valence electrons. The molecular formula is C36H46N4O4S. The molecule has 0 bridgehead atoms. The molecule has 8 nitrogen and oxygen atoms in total. The van der Waals surface area contributed by atoms with Gasteiger partial charge in [0, 0.05) is 25.2 Å². The van der Waals surface area contributed by atoms with Gasteiger partial charge in [-0.05, 0) is 66.0 Å². The Bertz CT molecular complexity index is 1520. The van der Waals surface area contributed by atoms with E-state index in [2.05, 4.69) is 59.5 Å². The van der Waals surface area contributed by atoms with E-state index < -0.39 is 17.2 Å². The summed E-state index contributed by atoms with van der Waals surface area (Å²) in [5.74, 6) is -0.135. The number of hydroxylamine groups is 2. The predicted octanol–water partition coefficient (Wildman–Crippen LogP) is 6.97. The number of carboxylic acids is 1. The number of thioether (sulfide) groups is 1. The number of hydrogen-bond acceptors (Lipinski definition) is 6. The molecule has 4 rings (SSSR count). The van der Waals surface area contributed by atoms with Crippen LogP contribution in [0.4, 0.5) is 0 Å². The van der Waals surface area contributed by atoms with Crippen LogP contribution < -0.4 is 5.32 Å². The number of rotatable bonds is 18. The molecule has 3 N–H and O–H groups in total. The van der Waals surface area contributed by atoms with E-state index in [0.717, 1.165) is 33.4 Å². The second-order valence-corrected chi connectivity index (χ2v) is 13.0. The van der Waals surface area contributed by atoms with Crippen LogP contribution in [-0.2, 0) is 32.8 Å². The maximum atomic E-state index is 14.1. The summed E-state index contributed by atoms with van der Waals surface area (Å²) >= 11 is 1.53. The Balaban J connectivity index is 1.76. The molecule has 0 fully saturated rings. The van der Waals surface area contributed by atoms with Gasteiger partial charge in [0.1, 0.15) is 5.82 Å². The Kier molecular flexibility index (Phi) is 12.2. The fourth-order valence-electron chi connectivity index (χ4n) is 5.62. The smallest absolute Gasteiger partial charge is 0.347 e. The van der Waals surface area contributed by atoms with Crippen molar-refractivity contribution in [3.63, 3.8) is 0 Å². The van der Waals surface area contributed by atoms with Crippen molar-refractivity contribution in [1.29, 1.82) is 0 Å². The SMILES string of the molecule is CC[C@H](C)CCON(C(=O)CCc1ccccc1)[C@](CCSC)(NC(C)(Cc1ccc2ccccc2c1)c1ncc[nH]1)C(=O)O. The number of H-pyrrole nitrogens is 1. The van der Waals surface area contributed by atoms with Crippen LogP contribution in [0.1, 0.15) is 63.4 Å². The van der Waals surface area contributed by atoms with E-state index in [0.29, 0.717) is 36.8 Å². The molecule has 0 aliphatic rings. The molecule has 1 amide bonds. The number of nitrogens with zero attached hydrogens (tertiary/aromatic N) is 2. The number of imidazole rings is 1. The molecule has 9 heteroatoms. The largest absolute Gasteiger partial charge is 0.478 e. The molecule has 0 saturated carbocycles. The van der Waals surface area contributed by atoms with E-state index in [1.165, 1.54) is 11.8 Å². The third kappa shape index (κ3) is 8.75. The third-order valence-corrected chi connectivity index (χ3v) is 9.08. The third-order valence-electron chi connectivity index (χ3n) is 8.47. The first-order valence-corrected chi connectivity index (χ1v) is 17.1. The lowest BCUT2D eigenvalue weighted by Crippen LogP contribution is -2.70. The quantitative estimate of drug-likeness (QED) is 0.0805. The molecule has 0 aliphatic heterocycles. The van der Waals surface area contributed by atoms with Crippen molar-refractivity contribution >= 4 is 34.4 Å². The molecule has 0 spiro atoms. The average Bonchev–Trinajstić information content (AvgIpc) is 3.61. The number of aromatic nitrogens is 2. The van der Waals surface area contributed by atoms with Crippen LogP contribution in [0.15, 0.2) is 85.2 Å². The van der Waals surface area contributed by atoms with Gasteiger partial charge < -0.3 is 10.1 Å². The topological polar surface area (TPSA) is 108 Å². The van der Waals surface area contributed by atoms with E-state index in [4.69, 9.17) is 4.84 Å². The van der Waals surface area contributed by atoms with E-state index in [1.54, 1.807) is 12.4 Å². The Hall–Kier alpha value is -3.66. The normalized spacial score (nSPS) is 14.8. The van der Waals surface area contributed by atoms with Crippen LogP contribution >= 0.6 is 11.8 Å². The van der Waals surface area contributed by atoms with Crippen molar-refractivity contribution in [2.75, 3.05) is 18.6 Å². The summed E-state index contributed by atoms with van der Waals surface area (Å²) in [7, 11) is 0. The van der Waals surface area contributed by atoms with E-state index >= 15 is 0 Å². The van der Waals surface area contributed by atoms with Crippen LogP contribution in [0.25, 0.3) is 10.8 Å². The fourth-order valence-corrected chi connectivity index (χ4v) is 6.12. The lowest BCUT2D eigenvalue weighted by Gasteiger charge is -2.45. The van der Waals surface area contributed by atoms with E-state index in [-0.39, 0.29) is 25.4 Å². The van der Waals surface area contributed by atoms with Gasteiger partial charge in [-0.15, -0.1) is 0 Å². The standard InChI is InChI=1S/C36H46N4O4S/c1-5-27(2)19-23-44-40(32(41)18-16-28-11-7-6-8-12-28)36(34(42)43,20-24-45-4)39-35(3,33-37-21-22-38-33)26-29-15-17-30-13-9-10-14-31(30)25-29/h6-15,17,21-22,25,27,39H,5,16,18-20,23-24,26H2,1-4H3,(H,37,38)(H,42,43)/t27-,35?,36-/m0/s1. The predicted molar refractivity (Wildman–Crippen MR) is 182 cm³/mol. The second-order valence-electron chi connectivity index (χ2n) is 12.0. The van der Waals surface area contributed by atoms with Crippen molar-refractivity contribution < 1.29 is 19.5 Å². The minimum atomic E-state index is -1.87. The number of amides is 1. The van der Waals surface area contributed by atoms with Crippen molar-refractivity contribution in [1.82, 2.24) is 20.3 Å². The first-order chi connectivity index (χ1) is 21.7. The van der Waals surface area contributed by atoms with Gasteiger partial charge in [0.2, 0.25) is 11.6 Å². The first kappa shape index (κ1) is 34.2. The number of nitrogens with one attached hydrogen (secondary N) is 2. The van der Waals surface area contributed by atoms with E-state index in [9.17, 15) is 14.7 Å². The summed E-state index contributed by atoms with van der Waals surface area (Å²) in [6.07, 6.45) is 8.08. The summed E-state index contributed by atoms with van der Waals surface area (Å²) in [6, 6.07) is 24.1. The number of carbonyl (C=O) groups excluding carboxylic acids is 1. The molecule has 0 aliphatic carbocycles. The van der Waals surface area contributed by atoms with Gasteiger partial charge in [-0.2, -0.15) is 16.8 Å². The molecule has 0 saturated heterocycles. The van der Waals surface area contributed by atoms with Gasteiger partial charge in [0.05, 0.1) is 12.1 Å². The van der Waals surface area contributed by atoms with Gasteiger partial charge in [0.25, 0.3) is 0 Å². The number of aliphatic carboxylic acids is 1. The van der Waals surface area contributed by atoms with Gasteiger partial charge in [-0.25, -0.2) is 9.78 Å². The van der Waals surface area contributed by atoms with Crippen molar-refractivity contribution in [2.45, 2.75) is 70.5 Å². The van der Waals surface area contributed by atoms with Crippen molar-refractivity contribution in [3.8, 4) is 0 Å². The minimum absolute atomic E-state index is 0.103. The van der Waals surface area contributed by atoms with Gasteiger partial charge in [0.15, 0.2) is 0 Å². The highest BCUT2D eigenvalue weighted by Crippen LogP contribution is 2.32. The maximum absolute atomic E-state index is 14.1. The monoisotopic (exact) mass is 630 g/mol. The zero-order valence-corrected chi connectivity index (χ0v) is 27.6. The number of benzene rings is 3. The summed E-state index contributed by atoms with van der Waals surface area (Å²) in [4.78, 5) is 41.8. The van der Waals surface area contributed by atoms with Gasteiger partial charge in [-0.3, -0.25) is 14.9 Å². The Labute approximate surface area is 270 Å². The van der Waals surface area contributed by atoms with Crippen LogP contribution in [0.3, 0.4) is 0 Å². The number of carboxylic acid groups (broad SMARTS) is 1. The summed E-state index contributed by atoms with van der Waals surface area (Å²) < 4.78 is 0. The lowest BCUT2D eigenvalue weighted by molar-refractivity contribution is -0.240. The highest BCUT2D eigenvalue weighted by atomic mass is 32.2. The lowest BCUT2D eigenvalue weighted by atomic mass is 9.88. The van der Waals surface area contributed by atoms with Crippen molar-refractivity contribution in [3.05, 3.63) is 102 Å². The van der Waals surface area contributed by atoms with Gasteiger partial charge in [-0.1, -0.05) is 93.1 Å². The molecule has 3 atom stereocenters. The molecule has 3 aromatic carbocycles. The Morgan fingerprint density at radius 3 is 2.47 bits per heavy atom. The van der Waals surface area contributed by atoms with Crippen LogP contribution in [0, 0.1) is 5.92 Å². The molecule has 1 unspecified atom stereocenters. The fraction of sp³-hybridized carbons (Fsp3) is 0.417. The zero-order valence-electron chi connectivity index (χ0n) is 26.8. The average molecular weight is 631 g/mol. The number of aromatic amines is 1. The number of fused-ring (bicyclic) bond motifs is 1. The molecule has 45 heavy (non-hydrogen) atoms. The highest BCUT2D eigenvalue weighted by Gasteiger charge is 2.52. The van der Waals surface area contributed by atoms with Crippen molar-refractivity contribution in [2.24, 2.45) is 5.92 Å². The maximum Gasteiger partial charge on any atom is 0.347 e. The summed E-state index contributed by atoms with van der Waals surface area (Å²) in [5, 5.41) is 17.9. The van der Waals surface area contributed by atoms with Crippen LogP contribution in [0.2, 0.25) is 0 Å². The molecule has 4 aromatic rings. The number of aryl methyl sites for hydroxylation is 1. The highest BCUT2D eigenvalue weighted by molar-refractivity contribution is 7.98. The molecule has 1 aromatic heterocycles. The Morgan fingerprint density at radius 2 is 1.80 bits per heavy atom. The van der Waals surface area contributed by atoms with Crippen LogP contribution in [0.5, 0.6) is 0 Å². The zero-order chi connectivity index (χ0) is 32.3. The second kappa shape index (κ2) is 16.1. The number of carbonyl (C=O) groups is 2. The molecular weight excluding hydrogens is 584 g/mol. The van der Waals surface area contributed by atoms with E-state index in [1.807, 2.05) is 55.6 Å². The Morgan fingerprint density at radius 1 is 1.07 bits per heavy atom. The molecule has 0 radical (unpaired) electrons.